The van der Waals surface area contributed by atoms with E-state index in [4.69, 9.17) is 4.74 Å². The van der Waals surface area contributed by atoms with Gasteiger partial charge in [0.25, 0.3) is 5.91 Å². The van der Waals surface area contributed by atoms with E-state index in [2.05, 4.69) is 21.2 Å². The minimum absolute atomic E-state index is 0.134. The molecule has 0 heterocycles. The number of hydrogen-bond donors (Lipinski definition) is 1. The molecule has 2 unspecified atom stereocenters. The van der Waals surface area contributed by atoms with Crippen molar-refractivity contribution in [2.75, 3.05) is 13.2 Å². The van der Waals surface area contributed by atoms with Gasteiger partial charge in [0.05, 0.1) is 5.41 Å². The second-order valence-corrected chi connectivity index (χ2v) is 9.00. The minimum atomic E-state index is -0.335. The van der Waals surface area contributed by atoms with Gasteiger partial charge in [-0.3, -0.25) is 9.59 Å². The summed E-state index contributed by atoms with van der Waals surface area (Å²) in [6, 6.07) is 0. The average Bonchev–Trinajstić information content (AvgIpc) is 2.39. The molecule has 21 heavy (non-hydrogen) atoms. The number of hydrogen-bond acceptors (Lipinski definition) is 3. The van der Waals surface area contributed by atoms with Gasteiger partial charge in [0.15, 0.2) is 6.61 Å². The zero-order chi connectivity index (χ0) is 15.1. The Balaban J connectivity index is 1.61. The summed E-state index contributed by atoms with van der Waals surface area (Å²) in [6.45, 7) is 2.50. The van der Waals surface area contributed by atoms with Crippen molar-refractivity contribution in [1.82, 2.24) is 5.32 Å². The van der Waals surface area contributed by atoms with Crippen LogP contribution in [0, 0.1) is 17.3 Å². The molecule has 5 heteroatoms. The van der Waals surface area contributed by atoms with E-state index in [0.29, 0.717) is 18.4 Å². The van der Waals surface area contributed by atoms with Crippen molar-refractivity contribution < 1.29 is 14.3 Å². The fourth-order valence-corrected chi connectivity index (χ4v) is 6.44. The van der Waals surface area contributed by atoms with Crippen LogP contribution in [0.2, 0.25) is 0 Å². The molecule has 0 aromatic rings. The van der Waals surface area contributed by atoms with Crippen molar-refractivity contribution in [3.8, 4) is 0 Å². The van der Waals surface area contributed by atoms with E-state index >= 15 is 0 Å². The van der Waals surface area contributed by atoms with Crippen LogP contribution in [0.5, 0.6) is 0 Å². The van der Waals surface area contributed by atoms with Crippen LogP contribution < -0.4 is 5.32 Å². The summed E-state index contributed by atoms with van der Waals surface area (Å²) in [5.41, 5.74) is -0.335. The molecule has 0 saturated heterocycles. The summed E-state index contributed by atoms with van der Waals surface area (Å²) >= 11 is 3.89. The molecule has 4 saturated carbocycles. The first-order chi connectivity index (χ1) is 9.95. The minimum Gasteiger partial charge on any atom is -0.455 e. The Morgan fingerprint density at radius 1 is 1.24 bits per heavy atom. The predicted octanol–water partition coefficient (Wildman–Crippen LogP) is 2.79. The van der Waals surface area contributed by atoms with Crippen LogP contribution in [0.25, 0.3) is 0 Å². The van der Waals surface area contributed by atoms with Crippen molar-refractivity contribution in [2.45, 2.75) is 56.2 Å². The maximum Gasteiger partial charge on any atom is 0.312 e. The highest BCUT2D eigenvalue weighted by molar-refractivity contribution is 9.10. The third kappa shape index (κ3) is 2.99. The molecule has 0 aliphatic heterocycles. The molecule has 1 amide bonds. The Bertz CT molecular complexity index is 437. The summed E-state index contributed by atoms with van der Waals surface area (Å²) in [4.78, 5) is 24.2. The van der Waals surface area contributed by atoms with Crippen molar-refractivity contribution >= 4 is 27.8 Å². The Kier molecular flexibility index (Phi) is 4.06. The third-order valence-corrected chi connectivity index (χ3v) is 6.26. The van der Waals surface area contributed by atoms with Gasteiger partial charge in [0, 0.05) is 10.9 Å². The molecule has 4 bridgehead atoms. The molecule has 4 aliphatic carbocycles. The molecule has 0 aromatic heterocycles. The quantitative estimate of drug-likeness (QED) is 0.607. The Labute approximate surface area is 134 Å². The van der Waals surface area contributed by atoms with E-state index in [1.807, 2.05) is 6.92 Å². The van der Waals surface area contributed by atoms with E-state index in [1.54, 1.807) is 0 Å². The van der Waals surface area contributed by atoms with Crippen molar-refractivity contribution in [1.29, 1.82) is 0 Å². The van der Waals surface area contributed by atoms with Crippen molar-refractivity contribution in [3.05, 3.63) is 0 Å². The van der Waals surface area contributed by atoms with Gasteiger partial charge >= 0.3 is 5.97 Å². The zero-order valence-electron chi connectivity index (χ0n) is 12.6. The van der Waals surface area contributed by atoms with E-state index in [9.17, 15) is 9.59 Å². The number of carbonyl (C=O) groups is 2. The lowest BCUT2D eigenvalue weighted by molar-refractivity contribution is -0.171. The maximum atomic E-state index is 12.6. The van der Waals surface area contributed by atoms with E-state index < -0.39 is 0 Å². The van der Waals surface area contributed by atoms with Crippen LogP contribution in [0.15, 0.2) is 0 Å². The van der Waals surface area contributed by atoms with Gasteiger partial charge in [-0.1, -0.05) is 22.9 Å². The first-order valence-electron chi connectivity index (χ1n) is 8.08. The third-order valence-electron chi connectivity index (χ3n) is 5.33. The highest BCUT2D eigenvalue weighted by Crippen LogP contribution is 2.64. The number of esters is 1. The molecule has 4 fully saturated rings. The second kappa shape index (κ2) is 5.56. The maximum absolute atomic E-state index is 12.6. The molecule has 1 N–H and O–H groups in total. The summed E-state index contributed by atoms with van der Waals surface area (Å²) in [5.74, 6) is 0.953. The predicted molar refractivity (Wildman–Crippen MR) is 83.0 cm³/mol. The Morgan fingerprint density at radius 2 is 1.90 bits per heavy atom. The lowest BCUT2D eigenvalue weighted by atomic mass is 9.49. The number of halogens is 1. The number of carbonyl (C=O) groups excluding carboxylic acids is 2. The summed E-state index contributed by atoms with van der Waals surface area (Å²) in [5, 5.41) is 2.74. The molecule has 118 valence electrons. The van der Waals surface area contributed by atoms with Crippen molar-refractivity contribution in [3.63, 3.8) is 0 Å². The highest BCUT2D eigenvalue weighted by Gasteiger charge is 2.60. The first-order valence-corrected chi connectivity index (χ1v) is 8.87. The SMILES string of the molecule is CCCNC(=O)COC(=O)C12CC3CC(CC(Br)(C3)C1)C2. The topological polar surface area (TPSA) is 55.4 Å². The van der Waals surface area contributed by atoms with Gasteiger partial charge in [0.2, 0.25) is 0 Å². The number of alkyl halides is 1. The number of amides is 1. The van der Waals surface area contributed by atoms with Gasteiger partial charge in [-0.25, -0.2) is 0 Å². The number of ether oxygens (including phenoxy) is 1. The molecule has 0 aromatic carbocycles. The summed E-state index contributed by atoms with van der Waals surface area (Å²) in [6.07, 6.45) is 7.31. The van der Waals surface area contributed by atoms with Crippen LogP contribution in [0.4, 0.5) is 0 Å². The standard InChI is InChI=1S/C16H24BrNO3/c1-2-3-18-13(19)9-21-14(20)15-5-11-4-12(6-15)8-16(17,7-11)10-15/h11-12H,2-10H2,1H3,(H,18,19). The molecule has 4 rings (SSSR count). The lowest BCUT2D eigenvalue weighted by Gasteiger charge is -2.58. The summed E-state index contributed by atoms with van der Waals surface area (Å²) in [7, 11) is 0. The van der Waals surface area contributed by atoms with Gasteiger partial charge in [-0.15, -0.1) is 0 Å². The average molecular weight is 358 g/mol. The van der Waals surface area contributed by atoms with Gasteiger partial charge in [-0.05, 0) is 56.8 Å². The fourth-order valence-electron chi connectivity index (χ4n) is 4.99. The zero-order valence-corrected chi connectivity index (χ0v) is 14.2. The van der Waals surface area contributed by atoms with Crippen LogP contribution in [0.1, 0.15) is 51.9 Å². The van der Waals surface area contributed by atoms with E-state index in [0.717, 1.165) is 25.7 Å². The molecule has 2 atom stereocenters. The van der Waals surface area contributed by atoms with Crippen LogP contribution in [-0.2, 0) is 14.3 Å². The largest absolute Gasteiger partial charge is 0.455 e. The number of rotatable bonds is 5. The van der Waals surface area contributed by atoms with Gasteiger partial charge in [0.1, 0.15) is 0 Å². The molecular formula is C16H24BrNO3. The molecule has 0 spiro atoms. The number of nitrogens with one attached hydrogen (secondary N) is 1. The molecule has 0 radical (unpaired) electrons. The smallest absolute Gasteiger partial charge is 0.312 e. The molecule has 4 nitrogen and oxygen atoms in total. The van der Waals surface area contributed by atoms with Gasteiger partial charge < -0.3 is 10.1 Å². The van der Waals surface area contributed by atoms with Crippen LogP contribution in [-0.4, -0.2) is 29.4 Å². The summed E-state index contributed by atoms with van der Waals surface area (Å²) < 4.78 is 5.50. The monoisotopic (exact) mass is 357 g/mol. The fraction of sp³-hybridized carbons (Fsp3) is 0.875. The first kappa shape index (κ1) is 15.3. The highest BCUT2D eigenvalue weighted by atomic mass is 79.9. The Morgan fingerprint density at radius 3 is 2.48 bits per heavy atom. The van der Waals surface area contributed by atoms with Crippen LogP contribution >= 0.6 is 15.9 Å². The van der Waals surface area contributed by atoms with E-state index in [1.165, 1.54) is 19.3 Å². The second-order valence-electron chi connectivity index (χ2n) is 7.32. The van der Waals surface area contributed by atoms with E-state index in [-0.39, 0.29) is 28.2 Å². The van der Waals surface area contributed by atoms with Gasteiger partial charge in [-0.2, -0.15) is 0 Å². The molecular weight excluding hydrogens is 334 g/mol. The lowest BCUT2D eigenvalue weighted by Crippen LogP contribution is -2.56. The normalized spacial score (nSPS) is 40.1. The molecule has 4 aliphatic rings. The van der Waals surface area contributed by atoms with Crippen molar-refractivity contribution in [2.24, 2.45) is 17.3 Å². The van der Waals surface area contributed by atoms with Crippen LogP contribution in [0.3, 0.4) is 0 Å². The Hall–Kier alpha value is -0.580.